The third-order valence-electron chi connectivity index (χ3n) is 2.23. The van der Waals surface area contributed by atoms with Crippen molar-refractivity contribution in [3.8, 4) is 0 Å². The standard InChI is InChI=1S/C13H21NS/c1-10(14-5)11-8-6-7-9-12(11)15-13(2,3)4/h6-10,14H,1-5H3. The van der Waals surface area contributed by atoms with Gasteiger partial charge in [0.2, 0.25) is 0 Å². The normalized spacial score (nSPS) is 13.9. The first-order chi connectivity index (χ1) is 6.94. The lowest BCUT2D eigenvalue weighted by Gasteiger charge is -2.22. The first-order valence-electron chi connectivity index (χ1n) is 5.39. The largest absolute Gasteiger partial charge is 0.313 e. The second-order valence-electron chi connectivity index (χ2n) is 4.76. The molecule has 2 heteroatoms. The lowest BCUT2D eigenvalue weighted by atomic mass is 10.1. The van der Waals surface area contributed by atoms with Crippen molar-refractivity contribution >= 4 is 11.8 Å². The zero-order chi connectivity index (χ0) is 11.5. The van der Waals surface area contributed by atoms with Crippen LogP contribution in [0.4, 0.5) is 0 Å². The summed E-state index contributed by atoms with van der Waals surface area (Å²) in [5, 5.41) is 3.29. The van der Waals surface area contributed by atoms with Crippen LogP contribution < -0.4 is 5.32 Å². The molecule has 1 N–H and O–H groups in total. The van der Waals surface area contributed by atoms with Crippen molar-refractivity contribution in [2.45, 2.75) is 43.4 Å². The summed E-state index contributed by atoms with van der Waals surface area (Å²) >= 11 is 1.93. The van der Waals surface area contributed by atoms with E-state index in [9.17, 15) is 0 Å². The topological polar surface area (TPSA) is 12.0 Å². The Morgan fingerprint density at radius 3 is 2.33 bits per heavy atom. The second-order valence-corrected chi connectivity index (χ2v) is 6.63. The molecule has 0 heterocycles. The van der Waals surface area contributed by atoms with Gasteiger partial charge in [-0.15, -0.1) is 11.8 Å². The van der Waals surface area contributed by atoms with Crippen LogP contribution in [0.3, 0.4) is 0 Å². The Morgan fingerprint density at radius 1 is 1.20 bits per heavy atom. The van der Waals surface area contributed by atoms with Crippen LogP contribution >= 0.6 is 11.8 Å². The number of nitrogens with one attached hydrogen (secondary N) is 1. The van der Waals surface area contributed by atoms with Gasteiger partial charge in [-0.1, -0.05) is 39.0 Å². The third-order valence-corrected chi connectivity index (χ3v) is 3.44. The fourth-order valence-corrected chi connectivity index (χ4v) is 2.59. The predicted molar refractivity (Wildman–Crippen MR) is 69.5 cm³/mol. The minimum atomic E-state index is 0.267. The minimum Gasteiger partial charge on any atom is -0.313 e. The summed E-state index contributed by atoms with van der Waals surface area (Å²) in [5.41, 5.74) is 1.39. The number of hydrogen-bond acceptors (Lipinski definition) is 2. The van der Waals surface area contributed by atoms with Gasteiger partial charge in [0.25, 0.3) is 0 Å². The van der Waals surface area contributed by atoms with Crippen molar-refractivity contribution in [3.63, 3.8) is 0 Å². The Kier molecular flexibility index (Phi) is 4.23. The van der Waals surface area contributed by atoms with Gasteiger partial charge in [0.15, 0.2) is 0 Å². The Hall–Kier alpha value is -0.470. The zero-order valence-electron chi connectivity index (χ0n) is 10.3. The fraction of sp³-hybridized carbons (Fsp3) is 0.538. The Labute approximate surface area is 97.7 Å². The fourth-order valence-electron chi connectivity index (χ4n) is 1.42. The van der Waals surface area contributed by atoms with Crippen molar-refractivity contribution in [2.24, 2.45) is 0 Å². The summed E-state index contributed by atoms with van der Waals surface area (Å²) < 4.78 is 0.267. The highest BCUT2D eigenvalue weighted by atomic mass is 32.2. The maximum Gasteiger partial charge on any atom is 0.0300 e. The van der Waals surface area contributed by atoms with E-state index in [2.05, 4.69) is 57.3 Å². The van der Waals surface area contributed by atoms with Crippen LogP contribution in [-0.2, 0) is 0 Å². The maximum absolute atomic E-state index is 3.29. The highest BCUT2D eigenvalue weighted by Crippen LogP contribution is 2.35. The van der Waals surface area contributed by atoms with Crippen molar-refractivity contribution in [1.29, 1.82) is 0 Å². The van der Waals surface area contributed by atoms with Crippen LogP contribution in [0.1, 0.15) is 39.3 Å². The predicted octanol–water partition coefficient (Wildman–Crippen LogP) is 3.86. The van der Waals surface area contributed by atoms with Gasteiger partial charge < -0.3 is 5.32 Å². The molecule has 0 aliphatic heterocycles. The summed E-state index contributed by atoms with van der Waals surface area (Å²) in [4.78, 5) is 1.38. The summed E-state index contributed by atoms with van der Waals surface area (Å²) in [5.74, 6) is 0. The van der Waals surface area contributed by atoms with Crippen LogP contribution in [0, 0.1) is 0 Å². The van der Waals surface area contributed by atoms with E-state index in [1.165, 1.54) is 10.5 Å². The molecule has 0 fully saturated rings. The SMILES string of the molecule is CNC(C)c1ccccc1SC(C)(C)C. The third kappa shape index (κ3) is 3.88. The first-order valence-corrected chi connectivity index (χ1v) is 6.21. The second kappa shape index (κ2) is 5.04. The van der Waals surface area contributed by atoms with E-state index in [-0.39, 0.29) is 4.75 Å². The molecule has 0 bridgehead atoms. The number of hydrogen-bond donors (Lipinski definition) is 1. The molecule has 15 heavy (non-hydrogen) atoms. The van der Waals surface area contributed by atoms with Crippen molar-refractivity contribution < 1.29 is 0 Å². The average Bonchev–Trinajstić information content (AvgIpc) is 2.15. The number of thioether (sulfide) groups is 1. The number of rotatable bonds is 3. The van der Waals surface area contributed by atoms with Gasteiger partial charge in [-0.2, -0.15) is 0 Å². The molecule has 0 radical (unpaired) electrons. The number of benzene rings is 1. The molecule has 0 amide bonds. The lowest BCUT2D eigenvalue weighted by molar-refractivity contribution is 0.640. The van der Waals surface area contributed by atoms with E-state index in [1.54, 1.807) is 0 Å². The van der Waals surface area contributed by atoms with E-state index >= 15 is 0 Å². The van der Waals surface area contributed by atoms with Gasteiger partial charge in [-0.3, -0.25) is 0 Å². The highest BCUT2D eigenvalue weighted by Gasteiger charge is 2.16. The summed E-state index contributed by atoms with van der Waals surface area (Å²) in [6.07, 6.45) is 0. The van der Waals surface area contributed by atoms with Gasteiger partial charge in [0.1, 0.15) is 0 Å². The summed E-state index contributed by atoms with van der Waals surface area (Å²) in [6, 6.07) is 9.04. The van der Waals surface area contributed by atoms with Gasteiger partial charge in [-0.05, 0) is 25.6 Å². The van der Waals surface area contributed by atoms with Gasteiger partial charge >= 0.3 is 0 Å². The first kappa shape index (κ1) is 12.6. The molecule has 0 aliphatic rings. The Balaban J connectivity index is 2.96. The van der Waals surface area contributed by atoms with Crippen LogP contribution in [0.15, 0.2) is 29.2 Å². The van der Waals surface area contributed by atoms with Gasteiger partial charge in [-0.25, -0.2) is 0 Å². The molecule has 0 saturated carbocycles. The molecule has 1 aromatic carbocycles. The Bertz CT molecular complexity index is 315. The van der Waals surface area contributed by atoms with Gasteiger partial charge in [0.05, 0.1) is 0 Å². The molecule has 1 rings (SSSR count). The molecule has 1 nitrogen and oxygen atoms in total. The van der Waals surface area contributed by atoms with Crippen molar-refractivity contribution in [1.82, 2.24) is 5.32 Å². The summed E-state index contributed by atoms with van der Waals surface area (Å²) in [7, 11) is 2.00. The molecule has 1 unspecified atom stereocenters. The molecule has 0 saturated heterocycles. The molecular formula is C13H21NS. The Morgan fingerprint density at radius 2 is 1.80 bits per heavy atom. The van der Waals surface area contributed by atoms with Crippen molar-refractivity contribution in [2.75, 3.05) is 7.05 Å². The molecule has 1 atom stereocenters. The van der Waals surface area contributed by atoms with Gasteiger partial charge in [0, 0.05) is 15.7 Å². The van der Waals surface area contributed by atoms with Crippen LogP contribution in [-0.4, -0.2) is 11.8 Å². The minimum absolute atomic E-state index is 0.267. The quantitative estimate of drug-likeness (QED) is 0.781. The van der Waals surface area contributed by atoms with Crippen LogP contribution in [0.5, 0.6) is 0 Å². The van der Waals surface area contributed by atoms with E-state index in [0.29, 0.717) is 6.04 Å². The molecule has 0 spiro atoms. The average molecular weight is 223 g/mol. The van der Waals surface area contributed by atoms with Crippen LogP contribution in [0.2, 0.25) is 0 Å². The molecule has 0 aromatic heterocycles. The lowest BCUT2D eigenvalue weighted by Crippen LogP contribution is -2.14. The molecule has 84 valence electrons. The van der Waals surface area contributed by atoms with Crippen LogP contribution in [0.25, 0.3) is 0 Å². The monoisotopic (exact) mass is 223 g/mol. The molecule has 0 aliphatic carbocycles. The summed E-state index contributed by atoms with van der Waals surface area (Å²) in [6.45, 7) is 8.94. The zero-order valence-corrected chi connectivity index (χ0v) is 11.1. The van der Waals surface area contributed by atoms with E-state index in [0.717, 1.165) is 0 Å². The smallest absolute Gasteiger partial charge is 0.0300 e. The van der Waals surface area contributed by atoms with E-state index < -0.39 is 0 Å². The van der Waals surface area contributed by atoms with E-state index in [1.807, 2.05) is 18.8 Å². The maximum atomic E-state index is 3.29. The van der Waals surface area contributed by atoms with E-state index in [4.69, 9.17) is 0 Å². The molecule has 1 aromatic rings. The molecular weight excluding hydrogens is 202 g/mol. The highest BCUT2D eigenvalue weighted by molar-refractivity contribution is 8.00. The van der Waals surface area contributed by atoms with Crippen molar-refractivity contribution in [3.05, 3.63) is 29.8 Å².